The lowest BCUT2D eigenvalue weighted by molar-refractivity contribution is 0.253. The van der Waals surface area contributed by atoms with E-state index in [2.05, 4.69) is 27.2 Å². The Bertz CT molecular complexity index is 361. The molecule has 1 aromatic heterocycles. The number of rotatable bonds is 4. The summed E-state index contributed by atoms with van der Waals surface area (Å²) in [6, 6.07) is 0.756. The highest BCUT2D eigenvalue weighted by molar-refractivity contribution is 5.09. The summed E-state index contributed by atoms with van der Waals surface area (Å²) >= 11 is 0. The van der Waals surface area contributed by atoms with E-state index in [0.29, 0.717) is 5.92 Å². The monoisotopic (exact) mass is 234 g/mol. The summed E-state index contributed by atoms with van der Waals surface area (Å²) in [7, 11) is 2.20. The van der Waals surface area contributed by atoms with Gasteiger partial charge in [-0.3, -0.25) is 0 Å². The quantitative estimate of drug-likeness (QED) is 0.829. The molecular weight excluding hydrogens is 212 g/mol. The van der Waals surface area contributed by atoms with Gasteiger partial charge in [-0.15, -0.1) is 0 Å². The van der Waals surface area contributed by atoms with Gasteiger partial charge in [-0.25, -0.2) is 4.98 Å². The van der Waals surface area contributed by atoms with Crippen LogP contribution in [0.3, 0.4) is 0 Å². The number of imidazole rings is 1. The van der Waals surface area contributed by atoms with Gasteiger partial charge >= 0.3 is 0 Å². The maximum absolute atomic E-state index is 4.48. The van der Waals surface area contributed by atoms with Gasteiger partial charge in [0.1, 0.15) is 5.82 Å². The standard InChI is InChI=1S/C13H22N4/c1-17-6-4-10(5-7-17)12-8-15-13(16-12)9-14-11-2-3-11/h8,10-11,14H,2-7,9H2,1H3,(H,15,16). The zero-order valence-electron chi connectivity index (χ0n) is 10.6. The molecule has 1 aliphatic carbocycles. The average molecular weight is 234 g/mol. The molecular formula is C13H22N4. The number of nitrogens with zero attached hydrogens (tertiary/aromatic N) is 2. The number of aromatic amines is 1. The molecule has 1 saturated heterocycles. The van der Waals surface area contributed by atoms with Crippen LogP contribution in [0.4, 0.5) is 0 Å². The summed E-state index contributed by atoms with van der Waals surface area (Å²) in [4.78, 5) is 10.4. The lowest BCUT2D eigenvalue weighted by Crippen LogP contribution is -2.29. The zero-order chi connectivity index (χ0) is 11.7. The highest BCUT2D eigenvalue weighted by atomic mass is 15.1. The summed E-state index contributed by atoms with van der Waals surface area (Å²) in [5, 5.41) is 3.49. The molecule has 0 spiro atoms. The zero-order valence-corrected chi connectivity index (χ0v) is 10.6. The maximum atomic E-state index is 4.48. The summed E-state index contributed by atoms with van der Waals surface area (Å²) in [5.74, 6) is 1.79. The van der Waals surface area contributed by atoms with Gasteiger partial charge in [0.25, 0.3) is 0 Å². The van der Waals surface area contributed by atoms with E-state index in [0.717, 1.165) is 18.4 Å². The molecule has 2 N–H and O–H groups in total. The van der Waals surface area contributed by atoms with Crippen molar-refractivity contribution in [2.75, 3.05) is 20.1 Å². The van der Waals surface area contributed by atoms with Crippen LogP contribution in [0.15, 0.2) is 6.20 Å². The molecule has 0 radical (unpaired) electrons. The molecule has 94 valence electrons. The number of H-pyrrole nitrogens is 1. The van der Waals surface area contributed by atoms with Gasteiger partial charge in [0.15, 0.2) is 0 Å². The van der Waals surface area contributed by atoms with E-state index in [1.165, 1.54) is 44.5 Å². The Balaban J connectivity index is 1.55. The molecule has 0 amide bonds. The molecule has 1 saturated carbocycles. The Morgan fingerprint density at radius 2 is 2.12 bits per heavy atom. The fraction of sp³-hybridized carbons (Fsp3) is 0.769. The first-order chi connectivity index (χ1) is 8.31. The highest BCUT2D eigenvalue weighted by Crippen LogP contribution is 2.26. The van der Waals surface area contributed by atoms with Gasteiger partial charge in [-0.2, -0.15) is 0 Å². The minimum absolute atomic E-state index is 0.688. The van der Waals surface area contributed by atoms with Crippen molar-refractivity contribution in [1.29, 1.82) is 0 Å². The van der Waals surface area contributed by atoms with Crippen molar-refractivity contribution in [2.24, 2.45) is 0 Å². The predicted octanol–water partition coefficient (Wildman–Crippen LogP) is 1.47. The molecule has 3 rings (SSSR count). The molecule has 1 aromatic rings. The molecule has 2 aliphatic rings. The first-order valence-corrected chi connectivity index (χ1v) is 6.77. The molecule has 0 bridgehead atoms. The van der Waals surface area contributed by atoms with Crippen molar-refractivity contribution >= 4 is 0 Å². The van der Waals surface area contributed by atoms with Crippen LogP contribution < -0.4 is 5.32 Å². The smallest absolute Gasteiger partial charge is 0.120 e. The first kappa shape index (κ1) is 11.2. The molecule has 4 nitrogen and oxygen atoms in total. The Labute approximate surface area is 103 Å². The minimum atomic E-state index is 0.688. The molecule has 2 fully saturated rings. The predicted molar refractivity (Wildman–Crippen MR) is 67.9 cm³/mol. The second-order valence-corrected chi connectivity index (χ2v) is 5.52. The number of hydrogen-bond acceptors (Lipinski definition) is 3. The third-order valence-electron chi connectivity index (χ3n) is 3.94. The van der Waals surface area contributed by atoms with Crippen LogP contribution in [0, 0.1) is 0 Å². The third-order valence-corrected chi connectivity index (χ3v) is 3.94. The summed E-state index contributed by atoms with van der Waals surface area (Å²) in [6.07, 6.45) is 7.23. The van der Waals surface area contributed by atoms with Gasteiger partial charge < -0.3 is 15.2 Å². The van der Waals surface area contributed by atoms with E-state index < -0.39 is 0 Å². The van der Waals surface area contributed by atoms with Crippen LogP contribution in [0.25, 0.3) is 0 Å². The van der Waals surface area contributed by atoms with E-state index >= 15 is 0 Å². The second kappa shape index (κ2) is 4.78. The molecule has 1 aliphatic heterocycles. The van der Waals surface area contributed by atoms with Gasteiger partial charge in [0, 0.05) is 23.9 Å². The molecule has 4 heteroatoms. The number of nitrogens with one attached hydrogen (secondary N) is 2. The van der Waals surface area contributed by atoms with Gasteiger partial charge in [-0.1, -0.05) is 0 Å². The van der Waals surface area contributed by atoms with Crippen molar-refractivity contribution in [3.8, 4) is 0 Å². The largest absolute Gasteiger partial charge is 0.345 e. The Morgan fingerprint density at radius 3 is 2.82 bits per heavy atom. The lowest BCUT2D eigenvalue weighted by atomic mass is 9.94. The molecule has 2 heterocycles. The van der Waals surface area contributed by atoms with Gasteiger partial charge in [0.05, 0.1) is 6.54 Å². The Morgan fingerprint density at radius 1 is 1.35 bits per heavy atom. The van der Waals surface area contributed by atoms with Crippen molar-refractivity contribution in [1.82, 2.24) is 20.2 Å². The van der Waals surface area contributed by atoms with Crippen LogP contribution >= 0.6 is 0 Å². The minimum Gasteiger partial charge on any atom is -0.345 e. The molecule has 0 unspecified atom stereocenters. The summed E-state index contributed by atoms with van der Waals surface area (Å²) < 4.78 is 0. The SMILES string of the molecule is CN1CCC(c2cnc(CNC3CC3)[nH]2)CC1. The van der Waals surface area contributed by atoms with Crippen molar-refractivity contribution in [3.63, 3.8) is 0 Å². The normalized spacial score (nSPS) is 23.1. The fourth-order valence-electron chi connectivity index (χ4n) is 2.52. The summed E-state index contributed by atoms with van der Waals surface area (Å²) in [5.41, 5.74) is 1.34. The van der Waals surface area contributed by atoms with Crippen LogP contribution in [0.5, 0.6) is 0 Å². The van der Waals surface area contributed by atoms with E-state index in [1.807, 2.05) is 6.20 Å². The molecule has 0 atom stereocenters. The second-order valence-electron chi connectivity index (χ2n) is 5.52. The molecule has 17 heavy (non-hydrogen) atoms. The third kappa shape index (κ3) is 2.87. The Hall–Kier alpha value is -0.870. The fourth-order valence-corrected chi connectivity index (χ4v) is 2.52. The van der Waals surface area contributed by atoms with Gasteiger partial charge in [0.2, 0.25) is 0 Å². The van der Waals surface area contributed by atoms with Crippen LogP contribution in [-0.4, -0.2) is 41.0 Å². The van der Waals surface area contributed by atoms with E-state index in [-0.39, 0.29) is 0 Å². The van der Waals surface area contributed by atoms with Crippen LogP contribution in [0.2, 0.25) is 0 Å². The number of hydrogen-bond donors (Lipinski definition) is 2. The van der Waals surface area contributed by atoms with E-state index in [4.69, 9.17) is 0 Å². The van der Waals surface area contributed by atoms with Gasteiger partial charge in [-0.05, 0) is 45.8 Å². The van der Waals surface area contributed by atoms with Crippen molar-refractivity contribution in [3.05, 3.63) is 17.7 Å². The van der Waals surface area contributed by atoms with Crippen LogP contribution in [0.1, 0.15) is 43.1 Å². The van der Waals surface area contributed by atoms with Crippen molar-refractivity contribution in [2.45, 2.75) is 44.2 Å². The first-order valence-electron chi connectivity index (χ1n) is 6.77. The number of aromatic nitrogens is 2. The molecule has 0 aromatic carbocycles. The van der Waals surface area contributed by atoms with Crippen molar-refractivity contribution < 1.29 is 0 Å². The summed E-state index contributed by atoms with van der Waals surface area (Å²) in [6.45, 7) is 3.32. The maximum Gasteiger partial charge on any atom is 0.120 e. The number of likely N-dealkylation sites (tertiary alicyclic amines) is 1. The lowest BCUT2D eigenvalue weighted by Gasteiger charge is -2.28. The van der Waals surface area contributed by atoms with E-state index in [1.54, 1.807) is 0 Å². The highest BCUT2D eigenvalue weighted by Gasteiger charge is 2.22. The average Bonchev–Trinajstić information content (AvgIpc) is 3.06. The van der Waals surface area contributed by atoms with Crippen LogP contribution in [-0.2, 0) is 6.54 Å². The topological polar surface area (TPSA) is 44.0 Å². The number of piperidine rings is 1. The Kier molecular flexibility index (Phi) is 3.16. The van der Waals surface area contributed by atoms with E-state index in [9.17, 15) is 0 Å².